The summed E-state index contributed by atoms with van der Waals surface area (Å²) in [5, 5.41) is 40.5. The van der Waals surface area contributed by atoms with Gasteiger partial charge in [0.1, 0.15) is 18.8 Å². The molecule has 2 unspecified atom stereocenters. The van der Waals surface area contributed by atoms with E-state index in [4.69, 9.17) is 9.47 Å². The van der Waals surface area contributed by atoms with Crippen molar-refractivity contribution in [2.75, 3.05) is 13.2 Å². The maximum atomic E-state index is 11.7. The molecule has 0 aliphatic carbocycles. The van der Waals surface area contributed by atoms with Crippen molar-refractivity contribution in [1.29, 1.82) is 0 Å². The lowest BCUT2D eigenvalue weighted by molar-refractivity contribution is -0.325. The summed E-state index contributed by atoms with van der Waals surface area (Å²) in [6, 6.07) is 0. The Morgan fingerprint density at radius 3 is 1.44 bits per heavy atom. The Morgan fingerprint density at radius 1 is 0.852 bits per heavy atom. The molecule has 0 aliphatic heterocycles. The molecule has 0 saturated carbocycles. The molecule has 2 atom stereocenters. The van der Waals surface area contributed by atoms with Gasteiger partial charge in [0, 0.05) is 0 Å². The van der Waals surface area contributed by atoms with E-state index in [0.29, 0.717) is 12.8 Å². The minimum Gasteiger partial charge on any atom is -0.547 e. The summed E-state index contributed by atoms with van der Waals surface area (Å²) in [5.74, 6) is -3.89. The molecule has 0 saturated heterocycles. The fourth-order valence-corrected chi connectivity index (χ4v) is 2.39. The number of ether oxygens (including phenoxy) is 2. The van der Waals surface area contributed by atoms with Crippen LogP contribution in [0.15, 0.2) is 0 Å². The lowest BCUT2D eigenvalue weighted by atomic mass is 9.96. The third-order valence-electron chi connectivity index (χ3n) is 3.61. The zero-order valence-electron chi connectivity index (χ0n) is 16.3. The van der Waals surface area contributed by atoms with Crippen LogP contribution in [0.25, 0.3) is 0 Å². The topological polar surface area (TPSA) is 153 Å². The monoisotopic (exact) mass is 391 g/mol. The largest absolute Gasteiger partial charge is 0.547 e. The van der Waals surface area contributed by atoms with Crippen molar-refractivity contribution < 1.29 is 44.3 Å². The molecule has 0 aliphatic rings. The molecule has 0 amide bonds. The van der Waals surface area contributed by atoms with Crippen LogP contribution in [-0.4, -0.2) is 64.3 Å². The Labute approximate surface area is 159 Å². The van der Waals surface area contributed by atoms with Gasteiger partial charge in [-0.1, -0.05) is 27.7 Å². The molecule has 158 valence electrons. The first-order valence-corrected chi connectivity index (χ1v) is 8.97. The number of esters is 2. The van der Waals surface area contributed by atoms with E-state index >= 15 is 0 Å². The van der Waals surface area contributed by atoms with E-state index in [2.05, 4.69) is 0 Å². The summed E-state index contributed by atoms with van der Waals surface area (Å²) in [5.41, 5.74) is -2.81. The average Bonchev–Trinajstić information content (AvgIpc) is 2.49. The third kappa shape index (κ3) is 11.6. The lowest BCUT2D eigenvalue weighted by Crippen LogP contribution is -2.51. The van der Waals surface area contributed by atoms with Crippen LogP contribution in [-0.2, 0) is 23.9 Å². The highest BCUT2D eigenvalue weighted by Crippen LogP contribution is 2.18. The zero-order chi connectivity index (χ0) is 21.2. The lowest BCUT2D eigenvalue weighted by Gasteiger charge is -2.27. The van der Waals surface area contributed by atoms with Gasteiger partial charge in [0.15, 0.2) is 0 Å². The molecule has 0 heterocycles. The zero-order valence-corrected chi connectivity index (χ0v) is 16.3. The molecule has 0 fully saturated rings. The van der Waals surface area contributed by atoms with Gasteiger partial charge in [0.2, 0.25) is 0 Å². The van der Waals surface area contributed by atoms with Crippen LogP contribution in [0, 0.1) is 11.8 Å². The number of rotatable bonds is 13. The fourth-order valence-electron chi connectivity index (χ4n) is 2.39. The highest BCUT2D eigenvalue weighted by molar-refractivity contribution is 5.87. The molecule has 0 aromatic rings. The number of aliphatic hydroxyl groups is 3. The van der Waals surface area contributed by atoms with Gasteiger partial charge in [-0.15, -0.1) is 0 Å². The minimum absolute atomic E-state index is 0.166. The maximum Gasteiger partial charge on any atom is 0.309 e. The van der Waals surface area contributed by atoms with E-state index in [1.54, 1.807) is 0 Å². The van der Waals surface area contributed by atoms with Crippen molar-refractivity contribution >= 4 is 17.9 Å². The highest BCUT2D eigenvalue weighted by atomic mass is 16.5. The Morgan fingerprint density at radius 2 is 1.19 bits per heavy atom. The van der Waals surface area contributed by atoms with E-state index < -0.39 is 48.6 Å². The number of aliphatic hydroxyl groups excluding tert-OH is 2. The number of hydrogen-bond acceptors (Lipinski definition) is 9. The van der Waals surface area contributed by atoms with Crippen LogP contribution in [0.1, 0.15) is 53.4 Å². The summed E-state index contributed by atoms with van der Waals surface area (Å²) < 4.78 is 9.48. The van der Waals surface area contributed by atoms with Crippen LogP contribution in [0.5, 0.6) is 0 Å². The molecule has 27 heavy (non-hydrogen) atoms. The molecule has 0 rings (SSSR count). The standard InChI is InChI=1S/C18H32O9/c1-11(2)5-13(19)9-26-15(21)7-18(25,17(23)24)8-16(22)27-10-14(20)6-12(3)4/h11-14,19-20,25H,5-10H2,1-4H3,(H,23,24)/p-1. The molecule has 0 radical (unpaired) electrons. The van der Waals surface area contributed by atoms with Crippen LogP contribution in [0.4, 0.5) is 0 Å². The summed E-state index contributed by atoms with van der Waals surface area (Å²) in [7, 11) is 0. The first-order chi connectivity index (χ1) is 12.4. The summed E-state index contributed by atoms with van der Waals surface area (Å²) in [6.07, 6.45) is -3.15. The van der Waals surface area contributed by atoms with Crippen molar-refractivity contribution in [3.05, 3.63) is 0 Å². The second-order valence-electron chi connectivity index (χ2n) is 7.61. The average molecular weight is 391 g/mol. The summed E-state index contributed by atoms with van der Waals surface area (Å²) in [6.45, 7) is 6.75. The van der Waals surface area contributed by atoms with Gasteiger partial charge in [0.25, 0.3) is 0 Å². The van der Waals surface area contributed by atoms with Gasteiger partial charge < -0.3 is 34.7 Å². The van der Waals surface area contributed by atoms with Crippen molar-refractivity contribution in [3.8, 4) is 0 Å². The van der Waals surface area contributed by atoms with Gasteiger partial charge >= 0.3 is 11.9 Å². The van der Waals surface area contributed by atoms with Gasteiger partial charge in [-0.25, -0.2) is 0 Å². The minimum atomic E-state index is -2.81. The second-order valence-corrected chi connectivity index (χ2v) is 7.61. The van der Waals surface area contributed by atoms with E-state index in [-0.39, 0.29) is 25.0 Å². The number of aliphatic carboxylic acids is 1. The van der Waals surface area contributed by atoms with Crippen molar-refractivity contribution in [3.63, 3.8) is 0 Å². The first-order valence-electron chi connectivity index (χ1n) is 8.97. The van der Waals surface area contributed by atoms with Crippen LogP contribution >= 0.6 is 0 Å². The number of carbonyl (C=O) groups is 3. The SMILES string of the molecule is CC(C)CC(O)COC(=O)CC(O)(CC(=O)OCC(O)CC(C)C)C(=O)[O-]. The Hall–Kier alpha value is -1.71. The number of carboxylic acids is 1. The number of carboxylic acid groups (broad SMARTS) is 1. The molecule has 0 aromatic heterocycles. The molecular weight excluding hydrogens is 360 g/mol. The van der Waals surface area contributed by atoms with Gasteiger partial charge in [-0.05, 0) is 24.7 Å². The maximum absolute atomic E-state index is 11.7. The fraction of sp³-hybridized carbons (Fsp3) is 0.833. The molecule has 0 bridgehead atoms. The van der Waals surface area contributed by atoms with Gasteiger partial charge in [-0.3, -0.25) is 9.59 Å². The molecule has 9 heteroatoms. The normalized spacial score (nSPS) is 15.9. The third-order valence-corrected chi connectivity index (χ3v) is 3.61. The van der Waals surface area contributed by atoms with Gasteiger partial charge in [-0.2, -0.15) is 0 Å². The Balaban J connectivity index is 4.58. The van der Waals surface area contributed by atoms with Crippen LogP contribution in [0.3, 0.4) is 0 Å². The van der Waals surface area contributed by atoms with E-state index in [1.165, 1.54) is 0 Å². The predicted octanol–water partition coefficient (Wildman–Crippen LogP) is -0.852. The van der Waals surface area contributed by atoms with Crippen LogP contribution in [0.2, 0.25) is 0 Å². The summed E-state index contributed by atoms with van der Waals surface area (Å²) in [4.78, 5) is 34.7. The molecule has 3 N–H and O–H groups in total. The number of carbonyl (C=O) groups excluding carboxylic acids is 3. The number of hydrogen-bond donors (Lipinski definition) is 3. The highest BCUT2D eigenvalue weighted by Gasteiger charge is 2.36. The first kappa shape index (κ1) is 25.3. The quantitative estimate of drug-likeness (QED) is 0.341. The van der Waals surface area contributed by atoms with Gasteiger partial charge in [0.05, 0.1) is 31.0 Å². The van der Waals surface area contributed by atoms with E-state index in [1.807, 2.05) is 27.7 Å². The van der Waals surface area contributed by atoms with Crippen LogP contribution < -0.4 is 5.11 Å². The van der Waals surface area contributed by atoms with Crippen molar-refractivity contribution in [2.24, 2.45) is 11.8 Å². The summed E-state index contributed by atoms with van der Waals surface area (Å²) >= 11 is 0. The van der Waals surface area contributed by atoms with E-state index in [9.17, 15) is 34.8 Å². The molecular formula is C18H31O9-. The Kier molecular flexibility index (Phi) is 11.1. The van der Waals surface area contributed by atoms with Crippen molar-refractivity contribution in [1.82, 2.24) is 0 Å². The molecule has 0 spiro atoms. The van der Waals surface area contributed by atoms with Crippen molar-refractivity contribution in [2.45, 2.75) is 71.2 Å². The van der Waals surface area contributed by atoms with E-state index in [0.717, 1.165) is 0 Å². The Bertz CT molecular complexity index is 453. The molecule has 0 aromatic carbocycles. The second kappa shape index (κ2) is 11.9. The predicted molar refractivity (Wildman–Crippen MR) is 92.0 cm³/mol. The smallest absolute Gasteiger partial charge is 0.309 e. The molecule has 9 nitrogen and oxygen atoms in total.